The maximum atomic E-state index is 5.58. The molecule has 0 atom stereocenters. The molecule has 0 aromatic heterocycles. The van der Waals surface area contributed by atoms with Gasteiger partial charge in [0.2, 0.25) is 0 Å². The largest absolute Gasteiger partial charge is 0.280 e. The van der Waals surface area contributed by atoms with Gasteiger partial charge in [-0.3, -0.25) is 14.5 Å². The van der Waals surface area contributed by atoms with E-state index in [0.717, 1.165) is 13.0 Å². The molecule has 5 nitrogen and oxygen atoms in total. The summed E-state index contributed by atoms with van der Waals surface area (Å²) in [5.41, 5.74) is 0. The van der Waals surface area contributed by atoms with Crippen LogP contribution in [0.3, 0.4) is 0 Å². The Labute approximate surface area is 131 Å². The van der Waals surface area contributed by atoms with Crippen molar-refractivity contribution < 1.29 is 14.5 Å². The highest BCUT2D eigenvalue weighted by Crippen LogP contribution is 2.10. The first-order valence-corrected chi connectivity index (χ1v) is 8.76. The minimum atomic E-state index is 0.557. The van der Waals surface area contributed by atoms with E-state index >= 15 is 0 Å². The predicted octanol–water partition coefficient (Wildman–Crippen LogP) is 4.50. The smallest absolute Gasteiger partial charge is 0.0699 e. The van der Waals surface area contributed by atoms with Gasteiger partial charge >= 0.3 is 0 Å². The van der Waals surface area contributed by atoms with Gasteiger partial charge < -0.3 is 0 Å². The molecule has 0 rings (SSSR count). The first-order valence-electron chi connectivity index (χ1n) is 8.76. The third-order valence-electron chi connectivity index (χ3n) is 3.14. The summed E-state index contributed by atoms with van der Waals surface area (Å²) in [7, 11) is 0. The monoisotopic (exact) mass is 304 g/mol. The minimum absolute atomic E-state index is 0.557. The standard InChI is InChI=1S/C16H36N2O3/c1-5-9-10-11-12-13-14-15-16-17(19-6-2)18(20-7-3)21-8-4/h5-16H2,1-4H3. The van der Waals surface area contributed by atoms with Crippen molar-refractivity contribution in [3.63, 3.8) is 0 Å². The number of nitrogens with zero attached hydrogens (tertiary/aromatic N) is 2. The quantitative estimate of drug-likeness (QED) is 0.310. The average Bonchev–Trinajstić information content (AvgIpc) is 2.48. The van der Waals surface area contributed by atoms with E-state index < -0.39 is 0 Å². The number of hydrogen-bond acceptors (Lipinski definition) is 5. The molecule has 0 aliphatic heterocycles. The molecule has 128 valence electrons. The molecule has 0 bridgehead atoms. The lowest BCUT2D eigenvalue weighted by molar-refractivity contribution is -0.530. The summed E-state index contributed by atoms with van der Waals surface area (Å²) in [5.74, 6) is 0. The van der Waals surface area contributed by atoms with Crippen LogP contribution in [0.5, 0.6) is 0 Å². The molecule has 0 spiro atoms. The van der Waals surface area contributed by atoms with Gasteiger partial charge in [0, 0.05) is 11.9 Å². The van der Waals surface area contributed by atoms with Crippen LogP contribution in [0.2, 0.25) is 0 Å². The normalized spacial score (nSPS) is 11.7. The van der Waals surface area contributed by atoms with Gasteiger partial charge in [-0.25, -0.2) is 0 Å². The number of hydrazine groups is 1. The summed E-state index contributed by atoms with van der Waals surface area (Å²) in [6.07, 6.45) is 10.4. The molecule has 0 aromatic carbocycles. The molecule has 0 saturated heterocycles. The average molecular weight is 304 g/mol. The Balaban J connectivity index is 3.81. The van der Waals surface area contributed by atoms with Crippen LogP contribution in [0.15, 0.2) is 0 Å². The Bertz CT molecular complexity index is 200. The van der Waals surface area contributed by atoms with E-state index in [0.29, 0.717) is 19.8 Å². The van der Waals surface area contributed by atoms with Gasteiger partial charge in [-0.1, -0.05) is 57.0 Å². The molecule has 0 fully saturated rings. The molecule has 0 heterocycles. The van der Waals surface area contributed by atoms with Crippen LogP contribution in [-0.4, -0.2) is 36.9 Å². The lowest BCUT2D eigenvalue weighted by atomic mass is 10.1. The lowest BCUT2D eigenvalue weighted by Crippen LogP contribution is -2.43. The Morgan fingerprint density at radius 3 is 1.52 bits per heavy atom. The van der Waals surface area contributed by atoms with Crippen molar-refractivity contribution in [1.82, 2.24) is 10.5 Å². The highest BCUT2D eigenvalue weighted by molar-refractivity contribution is 4.47. The van der Waals surface area contributed by atoms with Crippen LogP contribution in [-0.2, 0) is 14.5 Å². The fourth-order valence-corrected chi connectivity index (χ4v) is 2.11. The van der Waals surface area contributed by atoms with Crippen LogP contribution in [0.25, 0.3) is 0 Å². The molecule has 5 heteroatoms. The van der Waals surface area contributed by atoms with E-state index in [2.05, 4.69) is 6.92 Å². The van der Waals surface area contributed by atoms with Crippen molar-refractivity contribution >= 4 is 0 Å². The summed E-state index contributed by atoms with van der Waals surface area (Å²) >= 11 is 0. The number of hydroxylamine groups is 1. The molecule has 0 aliphatic rings. The van der Waals surface area contributed by atoms with Crippen LogP contribution in [0, 0.1) is 0 Å². The Morgan fingerprint density at radius 2 is 1.05 bits per heavy atom. The van der Waals surface area contributed by atoms with Gasteiger partial charge in [0.15, 0.2) is 0 Å². The van der Waals surface area contributed by atoms with Crippen LogP contribution in [0.1, 0.15) is 79.1 Å². The van der Waals surface area contributed by atoms with E-state index in [-0.39, 0.29) is 0 Å². The molecule has 0 aromatic rings. The summed E-state index contributed by atoms with van der Waals surface area (Å²) in [6.45, 7) is 10.6. The third kappa shape index (κ3) is 12.1. The number of hydrogen-bond donors (Lipinski definition) is 0. The van der Waals surface area contributed by atoms with Gasteiger partial charge in [-0.15, -0.1) is 0 Å². The summed E-state index contributed by atoms with van der Waals surface area (Å²) in [4.78, 5) is 16.4. The second-order valence-corrected chi connectivity index (χ2v) is 5.04. The highest BCUT2D eigenvalue weighted by Gasteiger charge is 2.16. The zero-order valence-corrected chi connectivity index (χ0v) is 14.6. The van der Waals surface area contributed by atoms with E-state index in [1.165, 1.54) is 50.3 Å². The summed E-state index contributed by atoms with van der Waals surface area (Å²) in [5, 5.41) is 3.06. The van der Waals surface area contributed by atoms with Crippen molar-refractivity contribution in [2.24, 2.45) is 0 Å². The van der Waals surface area contributed by atoms with Crippen LogP contribution < -0.4 is 0 Å². The van der Waals surface area contributed by atoms with Crippen molar-refractivity contribution in [2.45, 2.75) is 79.1 Å². The molecule has 0 unspecified atom stereocenters. The minimum Gasteiger partial charge on any atom is -0.280 e. The van der Waals surface area contributed by atoms with Crippen molar-refractivity contribution in [2.75, 3.05) is 26.4 Å². The fraction of sp³-hybridized carbons (Fsp3) is 1.00. The fourth-order valence-electron chi connectivity index (χ4n) is 2.11. The summed E-state index contributed by atoms with van der Waals surface area (Å²) < 4.78 is 0. The number of unbranched alkanes of at least 4 members (excludes halogenated alkanes) is 7. The second-order valence-electron chi connectivity index (χ2n) is 5.04. The van der Waals surface area contributed by atoms with Gasteiger partial charge in [0.1, 0.15) is 0 Å². The Kier molecular flexibility index (Phi) is 16.0. The zero-order chi connectivity index (χ0) is 15.8. The van der Waals surface area contributed by atoms with E-state index in [4.69, 9.17) is 14.5 Å². The first kappa shape index (κ1) is 20.8. The third-order valence-corrected chi connectivity index (χ3v) is 3.14. The van der Waals surface area contributed by atoms with Crippen molar-refractivity contribution in [3.8, 4) is 0 Å². The second kappa shape index (κ2) is 16.2. The number of rotatable bonds is 16. The van der Waals surface area contributed by atoms with E-state index in [1.807, 2.05) is 20.8 Å². The van der Waals surface area contributed by atoms with Gasteiger partial charge in [-0.05, 0) is 27.2 Å². The molecule has 0 saturated carbocycles. The van der Waals surface area contributed by atoms with Crippen LogP contribution in [0.4, 0.5) is 0 Å². The Hall–Kier alpha value is -0.200. The summed E-state index contributed by atoms with van der Waals surface area (Å²) in [6, 6.07) is 0. The molecule has 0 N–H and O–H groups in total. The highest BCUT2D eigenvalue weighted by atomic mass is 17.0. The lowest BCUT2D eigenvalue weighted by Gasteiger charge is -2.30. The predicted molar refractivity (Wildman–Crippen MR) is 86.0 cm³/mol. The molecule has 0 amide bonds. The molecular formula is C16H36N2O3. The van der Waals surface area contributed by atoms with Gasteiger partial charge in [0.25, 0.3) is 0 Å². The van der Waals surface area contributed by atoms with Crippen molar-refractivity contribution in [3.05, 3.63) is 0 Å². The molecule has 0 aliphatic carbocycles. The topological polar surface area (TPSA) is 34.2 Å². The Morgan fingerprint density at radius 1 is 0.571 bits per heavy atom. The van der Waals surface area contributed by atoms with Crippen molar-refractivity contribution in [1.29, 1.82) is 0 Å². The first-order chi connectivity index (χ1) is 10.3. The molecule has 21 heavy (non-hydrogen) atoms. The maximum absolute atomic E-state index is 5.58. The molecular weight excluding hydrogens is 268 g/mol. The zero-order valence-electron chi connectivity index (χ0n) is 14.6. The van der Waals surface area contributed by atoms with Gasteiger partial charge in [-0.2, -0.15) is 0 Å². The van der Waals surface area contributed by atoms with Crippen LogP contribution >= 0.6 is 0 Å². The SMILES string of the molecule is CCCCCCCCCCN(OCC)N(OCC)OCC. The maximum Gasteiger partial charge on any atom is 0.0699 e. The molecule has 0 radical (unpaired) electrons. The van der Waals surface area contributed by atoms with E-state index in [9.17, 15) is 0 Å². The van der Waals surface area contributed by atoms with Gasteiger partial charge in [0.05, 0.1) is 19.8 Å². The van der Waals surface area contributed by atoms with E-state index in [1.54, 1.807) is 5.17 Å².